The molecule has 0 aliphatic heterocycles. The molecule has 1 aliphatic rings. The van der Waals surface area contributed by atoms with Gasteiger partial charge in [0, 0.05) is 29.4 Å². The van der Waals surface area contributed by atoms with Gasteiger partial charge in [0.15, 0.2) is 0 Å². The maximum absolute atomic E-state index is 8.95. The van der Waals surface area contributed by atoms with E-state index in [4.69, 9.17) is 17.5 Å². The van der Waals surface area contributed by atoms with Gasteiger partial charge in [-0.2, -0.15) is 5.26 Å². The van der Waals surface area contributed by atoms with Crippen LogP contribution in [0.3, 0.4) is 0 Å². The van der Waals surface area contributed by atoms with Gasteiger partial charge in [0.1, 0.15) is 16.5 Å². The summed E-state index contributed by atoms with van der Waals surface area (Å²) < 4.78 is 0.623. The van der Waals surface area contributed by atoms with E-state index in [1.54, 1.807) is 12.4 Å². The molecule has 0 saturated heterocycles. The van der Waals surface area contributed by atoms with Gasteiger partial charge in [-0.05, 0) is 25.8 Å². The third kappa shape index (κ3) is 2.27. The second-order valence-corrected chi connectivity index (χ2v) is 5.16. The Labute approximate surface area is 116 Å². The second kappa shape index (κ2) is 4.56. The van der Waals surface area contributed by atoms with Gasteiger partial charge < -0.3 is 4.98 Å². The molecular formula is C14H12N4S. The summed E-state index contributed by atoms with van der Waals surface area (Å²) in [5.41, 5.74) is 3.27. The van der Waals surface area contributed by atoms with Crippen molar-refractivity contribution in [2.45, 2.75) is 25.7 Å². The first-order valence-corrected chi connectivity index (χ1v) is 6.56. The van der Waals surface area contributed by atoms with Crippen molar-refractivity contribution in [1.82, 2.24) is 15.0 Å². The minimum Gasteiger partial charge on any atom is -0.343 e. The van der Waals surface area contributed by atoms with Gasteiger partial charge in [0.05, 0.1) is 11.3 Å². The SMILES string of the molecule is Cc1c(-c2cncc(C#N)c2)[nH]c(C2CC2)nc1=S. The van der Waals surface area contributed by atoms with Crippen LogP contribution in [0.15, 0.2) is 18.5 Å². The first-order valence-electron chi connectivity index (χ1n) is 6.15. The van der Waals surface area contributed by atoms with E-state index in [0.717, 1.165) is 35.5 Å². The molecule has 0 aromatic carbocycles. The average Bonchev–Trinajstić information content (AvgIpc) is 3.26. The molecule has 0 spiro atoms. The number of rotatable bonds is 2. The van der Waals surface area contributed by atoms with Crippen LogP contribution in [0.2, 0.25) is 0 Å². The Kier molecular flexibility index (Phi) is 2.88. The van der Waals surface area contributed by atoms with Crippen LogP contribution < -0.4 is 0 Å². The molecular weight excluding hydrogens is 256 g/mol. The van der Waals surface area contributed by atoms with Crippen molar-refractivity contribution in [3.8, 4) is 17.3 Å². The van der Waals surface area contributed by atoms with Crippen LogP contribution in [0.5, 0.6) is 0 Å². The molecule has 0 unspecified atom stereocenters. The Hall–Kier alpha value is -2.06. The molecule has 0 atom stereocenters. The number of aromatic amines is 1. The maximum atomic E-state index is 8.95. The first kappa shape index (κ1) is 12.0. The molecule has 3 rings (SSSR count). The highest BCUT2D eigenvalue weighted by atomic mass is 32.1. The molecule has 1 aliphatic carbocycles. The monoisotopic (exact) mass is 268 g/mol. The summed E-state index contributed by atoms with van der Waals surface area (Å²) in [5, 5.41) is 8.95. The number of nitriles is 1. The van der Waals surface area contributed by atoms with Gasteiger partial charge in [0.25, 0.3) is 0 Å². The Bertz CT molecular complexity index is 738. The fourth-order valence-corrected chi connectivity index (χ4v) is 2.23. The molecule has 2 aromatic heterocycles. The van der Waals surface area contributed by atoms with E-state index in [0.29, 0.717) is 16.1 Å². The van der Waals surface area contributed by atoms with E-state index in [1.165, 1.54) is 0 Å². The molecule has 1 saturated carbocycles. The van der Waals surface area contributed by atoms with Gasteiger partial charge in [-0.25, -0.2) is 4.98 Å². The van der Waals surface area contributed by atoms with Crippen LogP contribution in [0.25, 0.3) is 11.3 Å². The average molecular weight is 268 g/mol. The molecule has 0 radical (unpaired) electrons. The number of nitrogens with zero attached hydrogens (tertiary/aromatic N) is 3. The van der Waals surface area contributed by atoms with Crippen molar-refractivity contribution in [3.63, 3.8) is 0 Å². The number of hydrogen-bond acceptors (Lipinski definition) is 4. The van der Waals surface area contributed by atoms with E-state index < -0.39 is 0 Å². The van der Waals surface area contributed by atoms with Crippen LogP contribution >= 0.6 is 12.2 Å². The molecule has 2 heterocycles. The van der Waals surface area contributed by atoms with Crippen LogP contribution in [-0.4, -0.2) is 15.0 Å². The zero-order valence-corrected chi connectivity index (χ0v) is 11.3. The summed E-state index contributed by atoms with van der Waals surface area (Å²) in [5.74, 6) is 1.46. The lowest BCUT2D eigenvalue weighted by Crippen LogP contribution is -1.99. The van der Waals surface area contributed by atoms with E-state index in [-0.39, 0.29) is 0 Å². The van der Waals surface area contributed by atoms with Crippen molar-refractivity contribution in [1.29, 1.82) is 5.26 Å². The summed E-state index contributed by atoms with van der Waals surface area (Å²) in [6.07, 6.45) is 5.62. The minimum absolute atomic E-state index is 0.508. The highest BCUT2D eigenvalue weighted by Gasteiger charge is 2.26. The predicted molar refractivity (Wildman–Crippen MR) is 74.1 cm³/mol. The fourth-order valence-electron chi connectivity index (χ4n) is 2.03. The molecule has 1 N–H and O–H groups in total. The summed E-state index contributed by atoms with van der Waals surface area (Å²) in [6.45, 7) is 1.94. The van der Waals surface area contributed by atoms with Crippen molar-refractivity contribution in [3.05, 3.63) is 40.1 Å². The van der Waals surface area contributed by atoms with Gasteiger partial charge in [-0.15, -0.1) is 0 Å². The van der Waals surface area contributed by atoms with E-state index >= 15 is 0 Å². The Balaban J connectivity index is 2.18. The highest BCUT2D eigenvalue weighted by Crippen LogP contribution is 2.39. The van der Waals surface area contributed by atoms with Crippen molar-refractivity contribution >= 4 is 12.2 Å². The topological polar surface area (TPSA) is 65.4 Å². The minimum atomic E-state index is 0.508. The normalized spacial score (nSPS) is 14.1. The van der Waals surface area contributed by atoms with Crippen LogP contribution in [0.4, 0.5) is 0 Å². The summed E-state index contributed by atoms with van der Waals surface area (Å²) in [6, 6.07) is 3.92. The second-order valence-electron chi connectivity index (χ2n) is 4.78. The summed E-state index contributed by atoms with van der Waals surface area (Å²) >= 11 is 5.32. The van der Waals surface area contributed by atoms with Gasteiger partial charge in [0.2, 0.25) is 0 Å². The molecule has 0 amide bonds. The molecule has 94 valence electrons. The van der Waals surface area contributed by atoms with Crippen molar-refractivity contribution in [2.24, 2.45) is 0 Å². The molecule has 1 fully saturated rings. The third-order valence-electron chi connectivity index (χ3n) is 3.29. The highest BCUT2D eigenvalue weighted by molar-refractivity contribution is 7.71. The zero-order chi connectivity index (χ0) is 13.4. The fraction of sp³-hybridized carbons (Fsp3) is 0.286. The molecule has 4 nitrogen and oxygen atoms in total. The van der Waals surface area contributed by atoms with Crippen molar-refractivity contribution in [2.75, 3.05) is 0 Å². The number of pyridine rings is 1. The zero-order valence-electron chi connectivity index (χ0n) is 10.5. The number of H-pyrrole nitrogens is 1. The predicted octanol–water partition coefficient (Wildman–Crippen LogP) is 3.26. The van der Waals surface area contributed by atoms with E-state index in [9.17, 15) is 0 Å². The van der Waals surface area contributed by atoms with Crippen LogP contribution in [-0.2, 0) is 0 Å². The molecule has 5 heteroatoms. The lowest BCUT2D eigenvalue weighted by molar-refractivity contribution is 0.913. The quantitative estimate of drug-likeness (QED) is 0.849. The Morgan fingerprint density at radius 1 is 1.42 bits per heavy atom. The maximum Gasteiger partial charge on any atom is 0.133 e. The Morgan fingerprint density at radius 2 is 2.21 bits per heavy atom. The smallest absolute Gasteiger partial charge is 0.133 e. The number of nitrogens with one attached hydrogen (secondary N) is 1. The summed E-state index contributed by atoms with van der Waals surface area (Å²) in [7, 11) is 0. The third-order valence-corrected chi connectivity index (χ3v) is 3.69. The van der Waals surface area contributed by atoms with Crippen LogP contribution in [0.1, 0.15) is 35.7 Å². The van der Waals surface area contributed by atoms with Crippen molar-refractivity contribution < 1.29 is 0 Å². The number of aromatic nitrogens is 3. The van der Waals surface area contributed by atoms with E-state index in [1.807, 2.05) is 13.0 Å². The lowest BCUT2D eigenvalue weighted by atomic mass is 10.1. The molecule has 19 heavy (non-hydrogen) atoms. The first-order chi connectivity index (χ1) is 9.19. The van der Waals surface area contributed by atoms with Gasteiger partial charge in [-0.3, -0.25) is 4.98 Å². The molecule has 2 aromatic rings. The van der Waals surface area contributed by atoms with Crippen LogP contribution in [0, 0.1) is 22.9 Å². The number of hydrogen-bond donors (Lipinski definition) is 1. The Morgan fingerprint density at radius 3 is 2.89 bits per heavy atom. The summed E-state index contributed by atoms with van der Waals surface area (Å²) in [4.78, 5) is 11.9. The van der Waals surface area contributed by atoms with E-state index in [2.05, 4.69) is 21.0 Å². The standard InChI is InChI=1S/C14H12N4S/c1-8-12(11-4-9(5-15)6-16-7-11)17-13(10-2-3-10)18-14(8)19/h4,6-7,10H,2-3H2,1H3,(H,17,18,19). The largest absolute Gasteiger partial charge is 0.343 e. The van der Waals surface area contributed by atoms with Gasteiger partial charge in [-0.1, -0.05) is 12.2 Å². The lowest BCUT2D eigenvalue weighted by Gasteiger charge is -2.09. The van der Waals surface area contributed by atoms with Gasteiger partial charge >= 0.3 is 0 Å². The molecule has 0 bridgehead atoms.